The van der Waals surface area contributed by atoms with Crippen molar-refractivity contribution in [3.63, 3.8) is 0 Å². The van der Waals surface area contributed by atoms with Crippen molar-refractivity contribution >= 4 is 29.5 Å². The van der Waals surface area contributed by atoms with Gasteiger partial charge in [0.05, 0.1) is 23.7 Å². The van der Waals surface area contributed by atoms with Crippen molar-refractivity contribution in [3.05, 3.63) is 75.6 Å². The number of rotatable bonds is 6. The highest BCUT2D eigenvalue weighted by Gasteiger charge is 2.26. The van der Waals surface area contributed by atoms with E-state index in [1.165, 1.54) is 11.3 Å². The van der Waals surface area contributed by atoms with Gasteiger partial charge in [-0.25, -0.2) is 0 Å². The third-order valence-corrected chi connectivity index (χ3v) is 6.75. The molecule has 1 amide bonds. The number of nitrogens with zero attached hydrogens (tertiary/aromatic N) is 4. The van der Waals surface area contributed by atoms with Crippen molar-refractivity contribution in [1.29, 1.82) is 0 Å². The molecule has 5 rings (SSSR count). The molecule has 9 heteroatoms. The second-order valence-electron chi connectivity index (χ2n) is 7.62. The largest absolute Gasteiger partial charge is 0.348 e. The van der Waals surface area contributed by atoms with Crippen LogP contribution in [0.15, 0.2) is 54.0 Å². The van der Waals surface area contributed by atoms with Crippen molar-refractivity contribution in [2.45, 2.75) is 38.4 Å². The number of thiophene rings is 1. The Morgan fingerprint density at radius 2 is 2.13 bits per heavy atom. The number of hydrogen-bond donors (Lipinski definition) is 2. The van der Waals surface area contributed by atoms with E-state index in [0.717, 1.165) is 36.2 Å². The maximum Gasteiger partial charge on any atom is 0.240 e. The van der Waals surface area contributed by atoms with Crippen LogP contribution >= 0.6 is 23.6 Å². The van der Waals surface area contributed by atoms with Gasteiger partial charge in [0.1, 0.15) is 6.54 Å². The molecule has 4 aromatic rings. The summed E-state index contributed by atoms with van der Waals surface area (Å²) in [6.45, 7) is 0.873. The normalized spacial score (nSPS) is 15.5. The molecule has 31 heavy (non-hydrogen) atoms. The Balaban J connectivity index is 1.32. The van der Waals surface area contributed by atoms with Crippen molar-refractivity contribution in [2.75, 3.05) is 0 Å². The minimum Gasteiger partial charge on any atom is -0.348 e. The molecule has 2 N–H and O–H groups in total. The molecule has 3 aromatic heterocycles. The molecule has 1 unspecified atom stereocenters. The fourth-order valence-corrected chi connectivity index (χ4v) is 5.02. The molecule has 0 radical (unpaired) electrons. The zero-order chi connectivity index (χ0) is 21.2. The number of aromatic nitrogens is 5. The number of benzene rings is 1. The molecule has 1 aliphatic carbocycles. The molecule has 0 saturated heterocycles. The van der Waals surface area contributed by atoms with Gasteiger partial charge < -0.3 is 5.32 Å². The second kappa shape index (κ2) is 8.60. The summed E-state index contributed by atoms with van der Waals surface area (Å²) in [6.07, 6.45) is 4.81. The summed E-state index contributed by atoms with van der Waals surface area (Å²) in [5.41, 5.74) is 3.54. The molecule has 1 aromatic carbocycles. The predicted octanol–water partition coefficient (Wildman–Crippen LogP) is 4.11. The highest BCUT2D eigenvalue weighted by Crippen LogP contribution is 2.30. The number of carbonyl (C=O) groups is 1. The van der Waals surface area contributed by atoms with Gasteiger partial charge in [-0.05, 0) is 48.5 Å². The zero-order valence-electron chi connectivity index (χ0n) is 16.8. The van der Waals surface area contributed by atoms with Gasteiger partial charge in [-0.3, -0.25) is 19.1 Å². The van der Waals surface area contributed by atoms with Gasteiger partial charge in [-0.2, -0.15) is 10.2 Å². The molecule has 0 fully saturated rings. The van der Waals surface area contributed by atoms with Gasteiger partial charge in [-0.15, -0.1) is 11.3 Å². The molecule has 158 valence electrons. The van der Waals surface area contributed by atoms with Crippen LogP contribution in [-0.2, 0) is 24.3 Å². The van der Waals surface area contributed by atoms with E-state index in [1.807, 2.05) is 41.9 Å². The zero-order valence-corrected chi connectivity index (χ0v) is 18.5. The first kappa shape index (κ1) is 19.9. The van der Waals surface area contributed by atoms with Crippen LogP contribution in [0.1, 0.15) is 35.7 Å². The van der Waals surface area contributed by atoms with E-state index in [0.29, 0.717) is 10.6 Å². The van der Waals surface area contributed by atoms with Crippen LogP contribution in [0.25, 0.3) is 10.7 Å². The van der Waals surface area contributed by atoms with E-state index in [1.54, 1.807) is 15.9 Å². The Hall–Kier alpha value is -3.04. The van der Waals surface area contributed by atoms with Crippen molar-refractivity contribution < 1.29 is 4.79 Å². The highest BCUT2D eigenvalue weighted by atomic mass is 32.1. The molecular weight excluding hydrogens is 428 g/mol. The molecule has 7 nitrogen and oxygen atoms in total. The number of nitrogens with one attached hydrogen (secondary N) is 2. The van der Waals surface area contributed by atoms with E-state index in [9.17, 15) is 4.79 Å². The number of hydrogen-bond acceptors (Lipinski definition) is 5. The van der Waals surface area contributed by atoms with Crippen molar-refractivity contribution in [2.24, 2.45) is 0 Å². The quantitative estimate of drug-likeness (QED) is 0.433. The molecule has 1 aliphatic rings. The first-order valence-electron chi connectivity index (χ1n) is 10.3. The first-order valence-corrected chi connectivity index (χ1v) is 11.5. The molecular formula is C22H22N6OS2. The predicted molar refractivity (Wildman–Crippen MR) is 122 cm³/mol. The summed E-state index contributed by atoms with van der Waals surface area (Å²) in [7, 11) is 0. The Labute approximate surface area is 188 Å². The molecule has 3 heterocycles. The number of H-pyrrole nitrogens is 1. The number of amides is 1. The molecule has 0 aliphatic heterocycles. The molecule has 0 saturated carbocycles. The summed E-state index contributed by atoms with van der Waals surface area (Å²) in [5, 5.41) is 16.9. The fourth-order valence-electron chi connectivity index (χ4n) is 4.10. The third kappa shape index (κ3) is 4.11. The van der Waals surface area contributed by atoms with E-state index in [-0.39, 0.29) is 18.5 Å². The lowest BCUT2D eigenvalue weighted by Gasteiger charge is -2.24. The van der Waals surface area contributed by atoms with Crippen LogP contribution < -0.4 is 5.32 Å². The summed E-state index contributed by atoms with van der Waals surface area (Å²) < 4.78 is 4.25. The minimum atomic E-state index is -0.0797. The van der Waals surface area contributed by atoms with Crippen LogP contribution in [0.4, 0.5) is 0 Å². The molecule has 0 spiro atoms. The van der Waals surface area contributed by atoms with Crippen molar-refractivity contribution in [3.8, 4) is 10.7 Å². The van der Waals surface area contributed by atoms with Gasteiger partial charge in [0, 0.05) is 11.3 Å². The number of aromatic amines is 1. The monoisotopic (exact) mass is 450 g/mol. The average Bonchev–Trinajstić information content (AvgIpc) is 3.51. The lowest BCUT2D eigenvalue weighted by Crippen LogP contribution is -2.33. The Morgan fingerprint density at radius 3 is 2.94 bits per heavy atom. The summed E-state index contributed by atoms with van der Waals surface area (Å²) in [5.74, 6) is 0.610. The third-order valence-electron chi connectivity index (χ3n) is 5.57. The van der Waals surface area contributed by atoms with Crippen LogP contribution in [0.3, 0.4) is 0 Å². The maximum atomic E-state index is 12.9. The van der Waals surface area contributed by atoms with Gasteiger partial charge in [0.25, 0.3) is 0 Å². The van der Waals surface area contributed by atoms with E-state index < -0.39 is 0 Å². The van der Waals surface area contributed by atoms with Crippen LogP contribution in [0.2, 0.25) is 0 Å². The Bertz CT molecular complexity index is 1240. The standard InChI is InChI=1S/C22H22N6OS2/c29-20(14-27-21(25-26-22(27)30)19-10-5-11-31-19)24-17-8-4-9-18-16(17)12-23-28(18)13-15-6-2-1-3-7-15/h1-3,5-7,10-12,17H,4,8-9,13-14H2,(H,24,29)(H,26,30). The van der Waals surface area contributed by atoms with Crippen molar-refractivity contribution in [1.82, 2.24) is 29.9 Å². The van der Waals surface area contributed by atoms with Gasteiger partial charge in [-0.1, -0.05) is 36.4 Å². The SMILES string of the molecule is O=C(Cn1c(-c2cccs2)n[nH]c1=S)NC1CCCc2c1cnn2Cc1ccccc1. The van der Waals surface area contributed by atoms with Gasteiger partial charge in [0.15, 0.2) is 10.6 Å². The van der Waals surface area contributed by atoms with E-state index in [2.05, 4.69) is 37.4 Å². The summed E-state index contributed by atoms with van der Waals surface area (Å²) in [4.78, 5) is 13.9. The minimum absolute atomic E-state index is 0.0352. The maximum absolute atomic E-state index is 12.9. The Morgan fingerprint density at radius 1 is 1.26 bits per heavy atom. The number of fused-ring (bicyclic) bond motifs is 1. The number of carbonyl (C=O) groups excluding carboxylic acids is 1. The average molecular weight is 451 g/mol. The van der Waals surface area contributed by atoms with Crippen LogP contribution in [-0.4, -0.2) is 30.5 Å². The Kier molecular flexibility index (Phi) is 5.52. The lowest BCUT2D eigenvalue weighted by atomic mass is 9.93. The topological polar surface area (TPSA) is 80.5 Å². The lowest BCUT2D eigenvalue weighted by molar-refractivity contribution is -0.122. The molecule has 1 atom stereocenters. The molecule has 0 bridgehead atoms. The second-order valence-corrected chi connectivity index (χ2v) is 8.95. The first-order chi connectivity index (χ1) is 15.2. The fraction of sp³-hybridized carbons (Fsp3) is 0.273. The summed E-state index contributed by atoms with van der Waals surface area (Å²) >= 11 is 6.92. The summed E-state index contributed by atoms with van der Waals surface area (Å²) in [6, 6.07) is 14.2. The highest BCUT2D eigenvalue weighted by molar-refractivity contribution is 7.71. The van der Waals surface area contributed by atoms with E-state index in [4.69, 9.17) is 12.2 Å². The van der Waals surface area contributed by atoms with Gasteiger partial charge in [0.2, 0.25) is 5.91 Å². The van der Waals surface area contributed by atoms with E-state index >= 15 is 0 Å². The van der Waals surface area contributed by atoms with Gasteiger partial charge >= 0.3 is 0 Å². The smallest absolute Gasteiger partial charge is 0.240 e. The van der Waals surface area contributed by atoms with Crippen LogP contribution in [0.5, 0.6) is 0 Å². The van der Waals surface area contributed by atoms with Crippen LogP contribution in [0, 0.1) is 4.77 Å².